The molecular weight excluding hydrogens is 230 g/mol. The summed E-state index contributed by atoms with van der Waals surface area (Å²) in [5.74, 6) is 0. The predicted molar refractivity (Wildman–Crippen MR) is 83.7 cm³/mol. The molecule has 0 aliphatic carbocycles. The molecule has 19 heavy (non-hydrogen) atoms. The molecule has 0 aliphatic rings. The summed E-state index contributed by atoms with van der Waals surface area (Å²) in [6.45, 7) is 6.53. The van der Waals surface area contributed by atoms with Crippen LogP contribution < -0.4 is 5.32 Å². The average molecular weight is 253 g/mol. The highest BCUT2D eigenvalue weighted by Gasteiger charge is 2.08. The number of benzene rings is 2. The van der Waals surface area contributed by atoms with Gasteiger partial charge in [0.25, 0.3) is 0 Å². The highest BCUT2D eigenvalue weighted by Crippen LogP contribution is 2.23. The molecule has 0 spiro atoms. The Morgan fingerprint density at radius 1 is 0.895 bits per heavy atom. The van der Waals surface area contributed by atoms with Crippen LogP contribution in [0.3, 0.4) is 0 Å². The molecule has 0 fully saturated rings. The Morgan fingerprint density at radius 3 is 2.05 bits per heavy atom. The first-order valence-electron chi connectivity index (χ1n) is 7.15. The van der Waals surface area contributed by atoms with E-state index in [0.717, 1.165) is 12.8 Å². The minimum Gasteiger partial charge on any atom is -0.378 e. The Balaban J connectivity index is 2.12. The Labute approximate surface area is 116 Å². The standard InChI is InChI=1S/C18H23N/c1-4-15-8-10-16(11-9-15)18(5-2)19-17-12-6-14(3)7-13-17/h6-13,18-19H,4-5H2,1-3H3. The molecular formula is C18H23N. The van der Waals surface area contributed by atoms with Crippen LogP contribution in [-0.4, -0.2) is 0 Å². The predicted octanol–water partition coefficient (Wildman–Crippen LogP) is 5.12. The summed E-state index contributed by atoms with van der Waals surface area (Å²) in [5.41, 5.74) is 5.25. The topological polar surface area (TPSA) is 12.0 Å². The zero-order valence-corrected chi connectivity index (χ0v) is 12.1. The molecule has 0 radical (unpaired) electrons. The molecule has 2 rings (SSSR count). The molecule has 0 aliphatic heterocycles. The first-order chi connectivity index (χ1) is 9.22. The van der Waals surface area contributed by atoms with Crippen LogP contribution in [0.5, 0.6) is 0 Å². The third-order valence-corrected chi connectivity index (χ3v) is 3.59. The second-order valence-electron chi connectivity index (χ2n) is 5.07. The van der Waals surface area contributed by atoms with Gasteiger partial charge in [-0.3, -0.25) is 0 Å². The van der Waals surface area contributed by atoms with Crippen molar-refractivity contribution in [3.63, 3.8) is 0 Å². The molecule has 1 unspecified atom stereocenters. The van der Waals surface area contributed by atoms with Crippen molar-refractivity contribution in [3.8, 4) is 0 Å². The van der Waals surface area contributed by atoms with Gasteiger partial charge in [-0.1, -0.05) is 55.8 Å². The van der Waals surface area contributed by atoms with Gasteiger partial charge in [0.2, 0.25) is 0 Å². The molecule has 0 amide bonds. The summed E-state index contributed by atoms with van der Waals surface area (Å²) in [7, 11) is 0. The maximum atomic E-state index is 3.61. The van der Waals surface area contributed by atoms with Crippen LogP contribution in [0, 0.1) is 6.92 Å². The molecule has 0 bridgehead atoms. The van der Waals surface area contributed by atoms with Crippen LogP contribution in [0.1, 0.15) is 43.0 Å². The van der Waals surface area contributed by atoms with Gasteiger partial charge in [-0.2, -0.15) is 0 Å². The summed E-state index contributed by atoms with van der Waals surface area (Å²) >= 11 is 0. The van der Waals surface area contributed by atoms with Crippen LogP contribution in [0.2, 0.25) is 0 Å². The Kier molecular flexibility index (Phi) is 4.62. The van der Waals surface area contributed by atoms with E-state index in [1.807, 2.05) is 0 Å². The Bertz CT molecular complexity index is 496. The van der Waals surface area contributed by atoms with E-state index in [4.69, 9.17) is 0 Å². The highest BCUT2D eigenvalue weighted by atomic mass is 14.9. The Hall–Kier alpha value is -1.76. The lowest BCUT2D eigenvalue weighted by Crippen LogP contribution is -2.09. The van der Waals surface area contributed by atoms with Crippen LogP contribution in [-0.2, 0) is 6.42 Å². The lowest BCUT2D eigenvalue weighted by atomic mass is 10.0. The summed E-state index contributed by atoms with van der Waals surface area (Å²) in [4.78, 5) is 0. The van der Waals surface area contributed by atoms with Crippen molar-refractivity contribution in [2.24, 2.45) is 0 Å². The van der Waals surface area contributed by atoms with Gasteiger partial charge in [0.1, 0.15) is 0 Å². The quantitative estimate of drug-likeness (QED) is 0.779. The van der Waals surface area contributed by atoms with Crippen molar-refractivity contribution in [3.05, 3.63) is 65.2 Å². The fraction of sp³-hybridized carbons (Fsp3) is 0.333. The van der Waals surface area contributed by atoms with Gasteiger partial charge < -0.3 is 5.32 Å². The molecule has 1 atom stereocenters. The number of nitrogens with one attached hydrogen (secondary N) is 1. The fourth-order valence-electron chi connectivity index (χ4n) is 2.26. The van der Waals surface area contributed by atoms with Gasteiger partial charge in [0.05, 0.1) is 6.04 Å². The maximum absolute atomic E-state index is 3.61. The largest absolute Gasteiger partial charge is 0.378 e. The molecule has 1 N–H and O–H groups in total. The molecule has 0 saturated carbocycles. The van der Waals surface area contributed by atoms with E-state index >= 15 is 0 Å². The number of hydrogen-bond donors (Lipinski definition) is 1. The smallest absolute Gasteiger partial charge is 0.0511 e. The number of hydrogen-bond acceptors (Lipinski definition) is 1. The zero-order valence-electron chi connectivity index (χ0n) is 12.1. The summed E-state index contributed by atoms with van der Waals surface area (Å²) in [6.07, 6.45) is 2.18. The fourth-order valence-corrected chi connectivity index (χ4v) is 2.26. The van der Waals surface area contributed by atoms with Crippen LogP contribution in [0.25, 0.3) is 0 Å². The van der Waals surface area contributed by atoms with Crippen molar-refractivity contribution in [2.75, 3.05) is 5.32 Å². The van der Waals surface area contributed by atoms with Crippen molar-refractivity contribution in [1.29, 1.82) is 0 Å². The van der Waals surface area contributed by atoms with E-state index in [9.17, 15) is 0 Å². The molecule has 1 nitrogen and oxygen atoms in total. The highest BCUT2D eigenvalue weighted by molar-refractivity contribution is 5.46. The summed E-state index contributed by atoms with van der Waals surface area (Å²) in [5, 5.41) is 3.61. The van der Waals surface area contributed by atoms with Crippen molar-refractivity contribution >= 4 is 5.69 Å². The van der Waals surface area contributed by atoms with Crippen molar-refractivity contribution < 1.29 is 0 Å². The normalized spacial score (nSPS) is 12.2. The number of rotatable bonds is 5. The van der Waals surface area contributed by atoms with Gasteiger partial charge in [-0.05, 0) is 43.0 Å². The van der Waals surface area contributed by atoms with E-state index < -0.39 is 0 Å². The third-order valence-electron chi connectivity index (χ3n) is 3.59. The maximum Gasteiger partial charge on any atom is 0.0511 e. The number of anilines is 1. The van der Waals surface area contributed by atoms with Crippen LogP contribution >= 0.6 is 0 Å². The van der Waals surface area contributed by atoms with Gasteiger partial charge in [-0.25, -0.2) is 0 Å². The molecule has 0 heterocycles. The molecule has 2 aromatic rings. The third kappa shape index (κ3) is 3.60. The van der Waals surface area contributed by atoms with Gasteiger partial charge in [-0.15, -0.1) is 0 Å². The number of aryl methyl sites for hydroxylation is 2. The van der Waals surface area contributed by atoms with E-state index in [2.05, 4.69) is 74.6 Å². The molecule has 1 heteroatoms. The second kappa shape index (κ2) is 6.42. The monoisotopic (exact) mass is 253 g/mol. The molecule has 2 aromatic carbocycles. The van der Waals surface area contributed by atoms with Gasteiger partial charge >= 0.3 is 0 Å². The molecule has 100 valence electrons. The van der Waals surface area contributed by atoms with Crippen LogP contribution in [0.15, 0.2) is 48.5 Å². The second-order valence-corrected chi connectivity index (χ2v) is 5.07. The minimum atomic E-state index is 0.383. The van der Waals surface area contributed by atoms with Gasteiger partial charge in [0.15, 0.2) is 0 Å². The summed E-state index contributed by atoms with van der Waals surface area (Å²) in [6, 6.07) is 17.9. The van der Waals surface area contributed by atoms with E-state index in [1.165, 1.54) is 22.4 Å². The first kappa shape index (κ1) is 13.7. The van der Waals surface area contributed by atoms with E-state index in [0.29, 0.717) is 6.04 Å². The molecule has 0 aromatic heterocycles. The minimum absolute atomic E-state index is 0.383. The zero-order chi connectivity index (χ0) is 13.7. The van der Waals surface area contributed by atoms with E-state index in [-0.39, 0.29) is 0 Å². The molecule has 0 saturated heterocycles. The van der Waals surface area contributed by atoms with Crippen molar-refractivity contribution in [2.45, 2.75) is 39.7 Å². The average Bonchev–Trinajstić information content (AvgIpc) is 2.47. The lowest BCUT2D eigenvalue weighted by Gasteiger charge is -2.19. The SMILES string of the molecule is CCc1ccc(C(CC)Nc2ccc(C)cc2)cc1. The van der Waals surface area contributed by atoms with E-state index in [1.54, 1.807) is 0 Å². The van der Waals surface area contributed by atoms with Crippen LogP contribution in [0.4, 0.5) is 5.69 Å². The van der Waals surface area contributed by atoms with Gasteiger partial charge in [0, 0.05) is 5.69 Å². The lowest BCUT2D eigenvalue weighted by molar-refractivity contribution is 0.749. The Morgan fingerprint density at radius 2 is 1.53 bits per heavy atom. The van der Waals surface area contributed by atoms with Crippen molar-refractivity contribution in [1.82, 2.24) is 0 Å². The summed E-state index contributed by atoms with van der Waals surface area (Å²) < 4.78 is 0. The first-order valence-corrected chi connectivity index (χ1v) is 7.15.